The Morgan fingerprint density at radius 3 is 2.59 bits per heavy atom. The number of nitrogens with zero attached hydrogens (tertiary/aromatic N) is 5. The summed E-state index contributed by atoms with van der Waals surface area (Å²) in [4.78, 5) is 21.6. The van der Waals surface area contributed by atoms with E-state index in [9.17, 15) is 4.79 Å². The maximum absolute atomic E-state index is 12.8. The lowest BCUT2D eigenvalue weighted by Gasteiger charge is -2.12. The van der Waals surface area contributed by atoms with Gasteiger partial charge in [0.1, 0.15) is 5.01 Å². The highest BCUT2D eigenvalue weighted by Gasteiger charge is 2.32. The molecule has 0 unspecified atom stereocenters. The zero-order valence-corrected chi connectivity index (χ0v) is 17.2. The van der Waals surface area contributed by atoms with Gasteiger partial charge in [-0.05, 0) is 42.0 Å². The van der Waals surface area contributed by atoms with Crippen LogP contribution in [0.15, 0.2) is 46.8 Å². The first-order valence-corrected chi connectivity index (χ1v) is 10.2. The molecule has 1 aliphatic rings. The fourth-order valence-electron chi connectivity index (χ4n) is 2.42. The van der Waals surface area contributed by atoms with Gasteiger partial charge in [-0.25, -0.2) is 0 Å². The standard InChI is InChI=1S/C19H21N5OS2/c1-5-11-24-17(25)15(12-13-7-9-14(10-8-13)23(3)4)26-19(24)20-18-22-21-16(6-2)27-18/h5,7-10,12H,1,6,11H2,2-4H3/b15-12+,20-19-. The molecule has 1 saturated heterocycles. The Bertz CT molecular complexity index is 899. The number of hydrogen-bond donors (Lipinski definition) is 0. The zero-order chi connectivity index (χ0) is 19.4. The number of thioether (sulfide) groups is 1. The molecule has 0 bridgehead atoms. The van der Waals surface area contributed by atoms with Crippen LogP contribution in [0.3, 0.4) is 0 Å². The van der Waals surface area contributed by atoms with Crippen molar-refractivity contribution in [1.82, 2.24) is 15.1 Å². The van der Waals surface area contributed by atoms with Crippen molar-refractivity contribution in [2.75, 3.05) is 25.5 Å². The Morgan fingerprint density at radius 2 is 2.00 bits per heavy atom. The van der Waals surface area contributed by atoms with Gasteiger partial charge in [0.25, 0.3) is 5.91 Å². The van der Waals surface area contributed by atoms with E-state index in [4.69, 9.17) is 0 Å². The normalized spacial score (nSPS) is 17.1. The Hall–Kier alpha value is -2.45. The molecule has 1 aromatic carbocycles. The van der Waals surface area contributed by atoms with Gasteiger partial charge in [-0.2, -0.15) is 4.99 Å². The molecule has 0 radical (unpaired) electrons. The minimum absolute atomic E-state index is 0.0735. The summed E-state index contributed by atoms with van der Waals surface area (Å²) in [6.07, 6.45) is 4.40. The topological polar surface area (TPSA) is 61.7 Å². The van der Waals surface area contributed by atoms with Crippen molar-refractivity contribution in [3.05, 3.63) is 52.4 Å². The summed E-state index contributed by atoms with van der Waals surface area (Å²) < 4.78 is 0. The highest BCUT2D eigenvalue weighted by atomic mass is 32.2. The van der Waals surface area contributed by atoms with E-state index in [1.807, 2.05) is 56.3 Å². The van der Waals surface area contributed by atoms with Crippen molar-refractivity contribution in [3.63, 3.8) is 0 Å². The number of carbonyl (C=O) groups excluding carboxylic acids is 1. The van der Waals surface area contributed by atoms with E-state index in [-0.39, 0.29) is 5.91 Å². The van der Waals surface area contributed by atoms with Gasteiger partial charge in [0, 0.05) is 26.3 Å². The lowest BCUT2D eigenvalue weighted by atomic mass is 10.2. The lowest BCUT2D eigenvalue weighted by Crippen LogP contribution is -2.29. The van der Waals surface area contributed by atoms with Crippen molar-refractivity contribution < 1.29 is 4.79 Å². The first kappa shape index (κ1) is 19.3. The maximum Gasteiger partial charge on any atom is 0.267 e. The second-order valence-electron chi connectivity index (χ2n) is 6.03. The van der Waals surface area contributed by atoms with Crippen LogP contribution in [-0.2, 0) is 11.2 Å². The second kappa shape index (κ2) is 8.49. The van der Waals surface area contributed by atoms with Gasteiger partial charge in [0.15, 0.2) is 5.17 Å². The number of aromatic nitrogens is 2. The lowest BCUT2D eigenvalue weighted by molar-refractivity contribution is -0.121. The average molecular weight is 400 g/mol. The van der Waals surface area contributed by atoms with E-state index >= 15 is 0 Å². The molecule has 3 rings (SSSR count). The second-order valence-corrected chi connectivity index (χ2v) is 8.08. The van der Waals surface area contributed by atoms with Crippen LogP contribution in [0, 0.1) is 0 Å². The molecule has 1 fully saturated rings. The highest BCUT2D eigenvalue weighted by molar-refractivity contribution is 8.18. The first-order valence-electron chi connectivity index (χ1n) is 8.52. The molecule has 1 aliphatic heterocycles. The average Bonchev–Trinajstić information content (AvgIpc) is 3.22. The van der Waals surface area contributed by atoms with Crippen molar-refractivity contribution in [1.29, 1.82) is 0 Å². The molecule has 0 N–H and O–H groups in total. The maximum atomic E-state index is 12.8. The van der Waals surface area contributed by atoms with Crippen LogP contribution in [0.5, 0.6) is 0 Å². The Morgan fingerprint density at radius 1 is 1.26 bits per heavy atom. The summed E-state index contributed by atoms with van der Waals surface area (Å²) in [5.74, 6) is -0.0735. The fourth-order valence-corrected chi connectivity index (χ4v) is 4.11. The van der Waals surface area contributed by atoms with Crippen LogP contribution in [-0.4, -0.2) is 46.8 Å². The van der Waals surface area contributed by atoms with E-state index < -0.39 is 0 Å². The molecule has 0 atom stereocenters. The Labute approximate surface area is 167 Å². The zero-order valence-electron chi connectivity index (χ0n) is 15.5. The molecule has 0 spiro atoms. The molecule has 8 heteroatoms. The summed E-state index contributed by atoms with van der Waals surface area (Å²) in [5.41, 5.74) is 2.08. The van der Waals surface area contributed by atoms with E-state index in [2.05, 4.69) is 21.8 Å². The van der Waals surface area contributed by atoms with Crippen molar-refractivity contribution in [2.45, 2.75) is 13.3 Å². The van der Waals surface area contributed by atoms with Gasteiger partial charge >= 0.3 is 0 Å². The molecule has 6 nitrogen and oxygen atoms in total. The summed E-state index contributed by atoms with van der Waals surface area (Å²) in [7, 11) is 3.99. The van der Waals surface area contributed by atoms with Gasteiger partial charge in [-0.15, -0.1) is 16.8 Å². The molecule has 2 aromatic rings. The van der Waals surface area contributed by atoms with E-state index in [0.717, 1.165) is 22.7 Å². The molecular weight excluding hydrogens is 378 g/mol. The predicted octanol–water partition coefficient (Wildman–Crippen LogP) is 3.96. The van der Waals surface area contributed by atoms with Crippen molar-refractivity contribution >= 4 is 51.1 Å². The number of amidine groups is 1. The number of rotatable bonds is 6. The quantitative estimate of drug-likeness (QED) is 0.544. The van der Waals surface area contributed by atoms with E-state index in [1.54, 1.807) is 11.0 Å². The van der Waals surface area contributed by atoms with Gasteiger partial charge < -0.3 is 4.90 Å². The van der Waals surface area contributed by atoms with Crippen LogP contribution in [0.2, 0.25) is 0 Å². The summed E-state index contributed by atoms with van der Waals surface area (Å²) in [5, 5.41) is 10.3. The van der Waals surface area contributed by atoms with Gasteiger partial charge in [0.05, 0.1) is 4.91 Å². The van der Waals surface area contributed by atoms with Crippen LogP contribution in [0.25, 0.3) is 6.08 Å². The molecular formula is C19H21N5OS2. The third kappa shape index (κ3) is 4.45. The Balaban J connectivity index is 1.88. The number of aryl methyl sites for hydroxylation is 1. The summed E-state index contributed by atoms with van der Waals surface area (Å²) in [6.45, 7) is 6.17. The monoisotopic (exact) mass is 399 g/mol. The highest BCUT2D eigenvalue weighted by Crippen LogP contribution is 2.34. The van der Waals surface area contributed by atoms with E-state index in [0.29, 0.717) is 21.7 Å². The summed E-state index contributed by atoms with van der Waals surface area (Å²) >= 11 is 2.79. The van der Waals surface area contributed by atoms with Gasteiger partial charge in [-0.1, -0.05) is 36.5 Å². The third-order valence-corrected chi connectivity index (χ3v) is 5.83. The fraction of sp³-hybridized carbons (Fsp3) is 0.263. The van der Waals surface area contributed by atoms with Crippen molar-refractivity contribution in [2.24, 2.45) is 4.99 Å². The van der Waals surface area contributed by atoms with Crippen molar-refractivity contribution in [3.8, 4) is 0 Å². The Kier molecular flexibility index (Phi) is 6.08. The molecule has 0 aliphatic carbocycles. The van der Waals surface area contributed by atoms with E-state index in [1.165, 1.54) is 23.1 Å². The van der Waals surface area contributed by atoms with Crippen LogP contribution >= 0.6 is 23.1 Å². The van der Waals surface area contributed by atoms with Crippen LogP contribution < -0.4 is 4.90 Å². The van der Waals surface area contributed by atoms with Crippen LogP contribution in [0.1, 0.15) is 17.5 Å². The van der Waals surface area contributed by atoms with Gasteiger partial charge in [-0.3, -0.25) is 9.69 Å². The minimum atomic E-state index is -0.0735. The number of amides is 1. The number of hydrogen-bond acceptors (Lipinski definition) is 7. The largest absolute Gasteiger partial charge is 0.378 e. The molecule has 140 valence electrons. The molecule has 27 heavy (non-hydrogen) atoms. The number of aliphatic imine (C=N–C) groups is 1. The number of benzene rings is 1. The predicted molar refractivity (Wildman–Crippen MR) is 115 cm³/mol. The molecule has 0 saturated carbocycles. The molecule has 2 heterocycles. The SMILES string of the molecule is C=CCN1C(=O)/C(=C\c2ccc(N(C)C)cc2)S/C1=N\c1nnc(CC)s1. The smallest absolute Gasteiger partial charge is 0.267 e. The summed E-state index contributed by atoms with van der Waals surface area (Å²) in [6, 6.07) is 8.06. The van der Waals surface area contributed by atoms with Gasteiger partial charge in [0.2, 0.25) is 5.13 Å². The molecule has 1 aromatic heterocycles. The number of carbonyl (C=O) groups is 1. The third-order valence-electron chi connectivity index (χ3n) is 3.86. The molecule has 1 amide bonds. The first-order chi connectivity index (χ1) is 13.0. The number of anilines is 1. The minimum Gasteiger partial charge on any atom is -0.378 e. The van der Waals surface area contributed by atoms with Crippen LogP contribution in [0.4, 0.5) is 10.8 Å².